The van der Waals surface area contributed by atoms with Gasteiger partial charge in [0.1, 0.15) is 0 Å². The molecule has 1 aliphatic rings. The molecule has 1 aliphatic heterocycles. The summed E-state index contributed by atoms with van der Waals surface area (Å²) in [5.74, 6) is 0. The minimum Gasteiger partial charge on any atom is -0.297 e. The van der Waals surface area contributed by atoms with Crippen LogP contribution >= 0.6 is 0 Å². The van der Waals surface area contributed by atoms with Crippen LogP contribution in [0.2, 0.25) is 0 Å². The first kappa shape index (κ1) is 6.81. The maximum absolute atomic E-state index is 3.72. The second-order valence-corrected chi connectivity index (χ2v) is 2.77. The number of likely N-dealkylation sites (tertiary alicyclic amines) is 1. The zero-order valence-electron chi connectivity index (χ0n) is 6.14. The lowest BCUT2D eigenvalue weighted by Gasteiger charge is -2.17. The molecule has 0 aliphatic carbocycles. The van der Waals surface area contributed by atoms with Crippen molar-refractivity contribution in [3.8, 4) is 0 Å². The van der Waals surface area contributed by atoms with Crippen LogP contribution < -0.4 is 0 Å². The summed E-state index contributed by atoms with van der Waals surface area (Å²) in [4.78, 5) is 2.47. The van der Waals surface area contributed by atoms with Gasteiger partial charge < -0.3 is 0 Å². The quantitative estimate of drug-likeness (QED) is 0.507. The third-order valence-corrected chi connectivity index (χ3v) is 2.05. The van der Waals surface area contributed by atoms with E-state index in [9.17, 15) is 0 Å². The summed E-state index contributed by atoms with van der Waals surface area (Å²) < 4.78 is 0. The second kappa shape index (κ2) is 3.02. The fourth-order valence-electron chi connectivity index (χ4n) is 1.43. The predicted octanol–water partition coefficient (Wildman–Crippen LogP) is 1.66. The van der Waals surface area contributed by atoms with Crippen molar-refractivity contribution in [2.45, 2.75) is 25.8 Å². The van der Waals surface area contributed by atoms with Crippen LogP contribution in [0.25, 0.3) is 0 Å². The first-order valence-electron chi connectivity index (χ1n) is 3.69. The highest BCUT2D eigenvalue weighted by molar-refractivity contribution is 4.81. The molecule has 1 atom stereocenters. The van der Waals surface area contributed by atoms with Crippen molar-refractivity contribution < 1.29 is 0 Å². The van der Waals surface area contributed by atoms with E-state index in [0.717, 1.165) is 12.6 Å². The molecule has 1 saturated heterocycles. The Kier molecular flexibility index (Phi) is 2.29. The molecule has 1 nitrogen and oxygen atoms in total. The molecule has 0 aromatic heterocycles. The zero-order valence-corrected chi connectivity index (χ0v) is 6.14. The molecule has 1 heterocycles. The molecule has 1 rings (SSSR count). The van der Waals surface area contributed by atoms with Gasteiger partial charge in [-0.1, -0.05) is 6.08 Å². The third-order valence-electron chi connectivity index (χ3n) is 2.05. The number of hydrogen-bond donors (Lipinski definition) is 0. The van der Waals surface area contributed by atoms with Crippen molar-refractivity contribution in [3.05, 3.63) is 12.7 Å². The SMILES string of the molecule is C=CCN1CCC[C@H]1C. The van der Waals surface area contributed by atoms with Gasteiger partial charge in [-0.05, 0) is 26.3 Å². The van der Waals surface area contributed by atoms with Crippen LogP contribution in [0.5, 0.6) is 0 Å². The highest BCUT2D eigenvalue weighted by Crippen LogP contribution is 2.15. The summed E-state index contributed by atoms with van der Waals surface area (Å²) in [5.41, 5.74) is 0. The summed E-state index contributed by atoms with van der Waals surface area (Å²) in [7, 11) is 0. The predicted molar refractivity (Wildman–Crippen MR) is 40.5 cm³/mol. The van der Waals surface area contributed by atoms with Gasteiger partial charge in [0.2, 0.25) is 0 Å². The third kappa shape index (κ3) is 1.55. The van der Waals surface area contributed by atoms with Crippen molar-refractivity contribution in [2.75, 3.05) is 13.1 Å². The molecule has 0 radical (unpaired) electrons. The van der Waals surface area contributed by atoms with E-state index in [4.69, 9.17) is 0 Å². The first-order chi connectivity index (χ1) is 4.34. The van der Waals surface area contributed by atoms with Crippen molar-refractivity contribution in [1.82, 2.24) is 4.90 Å². The monoisotopic (exact) mass is 125 g/mol. The molecule has 0 N–H and O–H groups in total. The molecule has 0 aromatic carbocycles. The zero-order chi connectivity index (χ0) is 6.69. The number of nitrogens with zero attached hydrogens (tertiary/aromatic N) is 1. The van der Waals surface area contributed by atoms with Gasteiger partial charge in [0.15, 0.2) is 0 Å². The van der Waals surface area contributed by atoms with Gasteiger partial charge in [0.25, 0.3) is 0 Å². The highest BCUT2D eigenvalue weighted by Gasteiger charge is 2.17. The van der Waals surface area contributed by atoms with Gasteiger partial charge in [0, 0.05) is 12.6 Å². The van der Waals surface area contributed by atoms with E-state index < -0.39 is 0 Å². The summed E-state index contributed by atoms with van der Waals surface area (Å²) in [6, 6.07) is 0.794. The molecule has 0 bridgehead atoms. The van der Waals surface area contributed by atoms with E-state index in [1.54, 1.807) is 0 Å². The Balaban J connectivity index is 2.30. The van der Waals surface area contributed by atoms with E-state index in [1.807, 2.05) is 6.08 Å². The lowest BCUT2D eigenvalue weighted by atomic mass is 10.2. The highest BCUT2D eigenvalue weighted by atomic mass is 15.2. The van der Waals surface area contributed by atoms with Crippen LogP contribution in [-0.4, -0.2) is 24.0 Å². The van der Waals surface area contributed by atoms with Crippen LogP contribution in [0.3, 0.4) is 0 Å². The largest absolute Gasteiger partial charge is 0.297 e. The summed E-state index contributed by atoms with van der Waals surface area (Å²) >= 11 is 0. The molecule has 0 unspecified atom stereocenters. The Hall–Kier alpha value is -0.300. The van der Waals surface area contributed by atoms with E-state index in [-0.39, 0.29) is 0 Å². The Morgan fingerprint density at radius 2 is 2.56 bits per heavy atom. The maximum atomic E-state index is 3.72. The lowest BCUT2D eigenvalue weighted by Crippen LogP contribution is -2.26. The molecule has 0 spiro atoms. The molecule has 52 valence electrons. The van der Waals surface area contributed by atoms with Crippen molar-refractivity contribution in [2.24, 2.45) is 0 Å². The topological polar surface area (TPSA) is 3.24 Å². The van der Waals surface area contributed by atoms with Crippen LogP contribution in [0.1, 0.15) is 19.8 Å². The molecule has 1 fully saturated rings. The molecule has 9 heavy (non-hydrogen) atoms. The molecular weight excluding hydrogens is 110 g/mol. The van der Waals surface area contributed by atoms with Gasteiger partial charge in [-0.3, -0.25) is 4.90 Å². The van der Waals surface area contributed by atoms with Gasteiger partial charge in [0.05, 0.1) is 0 Å². The summed E-state index contributed by atoms with van der Waals surface area (Å²) in [6.45, 7) is 8.35. The van der Waals surface area contributed by atoms with Crippen LogP contribution in [0.4, 0.5) is 0 Å². The molecule has 0 saturated carbocycles. The average Bonchev–Trinajstić information content (AvgIpc) is 2.18. The molecule has 1 heteroatoms. The molecular formula is C8H15N. The molecule has 0 aromatic rings. The van der Waals surface area contributed by atoms with Gasteiger partial charge >= 0.3 is 0 Å². The van der Waals surface area contributed by atoms with E-state index in [0.29, 0.717) is 0 Å². The normalized spacial score (nSPS) is 28.8. The van der Waals surface area contributed by atoms with E-state index in [2.05, 4.69) is 18.4 Å². The van der Waals surface area contributed by atoms with Crippen molar-refractivity contribution in [3.63, 3.8) is 0 Å². The standard InChI is InChI=1S/C8H15N/c1-3-6-9-7-4-5-8(9)2/h3,8H,1,4-7H2,2H3/t8-/m1/s1. The average molecular weight is 125 g/mol. The van der Waals surface area contributed by atoms with Crippen LogP contribution in [0, 0.1) is 0 Å². The Bertz CT molecular complexity index is 98.7. The Morgan fingerprint density at radius 3 is 3.00 bits per heavy atom. The number of rotatable bonds is 2. The smallest absolute Gasteiger partial charge is 0.0163 e. The Labute approximate surface area is 57.4 Å². The second-order valence-electron chi connectivity index (χ2n) is 2.77. The van der Waals surface area contributed by atoms with E-state index in [1.165, 1.54) is 19.4 Å². The van der Waals surface area contributed by atoms with Crippen molar-refractivity contribution >= 4 is 0 Å². The van der Waals surface area contributed by atoms with Crippen LogP contribution in [-0.2, 0) is 0 Å². The fraction of sp³-hybridized carbons (Fsp3) is 0.750. The number of hydrogen-bond acceptors (Lipinski definition) is 1. The fourth-order valence-corrected chi connectivity index (χ4v) is 1.43. The van der Waals surface area contributed by atoms with Crippen LogP contribution in [0.15, 0.2) is 12.7 Å². The van der Waals surface area contributed by atoms with Gasteiger partial charge in [-0.25, -0.2) is 0 Å². The van der Waals surface area contributed by atoms with Crippen molar-refractivity contribution in [1.29, 1.82) is 0 Å². The summed E-state index contributed by atoms with van der Waals surface area (Å²) in [6.07, 6.45) is 4.73. The molecule has 0 amide bonds. The Morgan fingerprint density at radius 1 is 1.78 bits per heavy atom. The minimum absolute atomic E-state index is 0.794. The summed E-state index contributed by atoms with van der Waals surface area (Å²) in [5, 5.41) is 0. The maximum Gasteiger partial charge on any atom is 0.0163 e. The lowest BCUT2D eigenvalue weighted by molar-refractivity contribution is 0.298. The first-order valence-corrected chi connectivity index (χ1v) is 3.69. The minimum atomic E-state index is 0.794. The van der Waals surface area contributed by atoms with Gasteiger partial charge in [-0.15, -0.1) is 6.58 Å². The van der Waals surface area contributed by atoms with Gasteiger partial charge in [-0.2, -0.15) is 0 Å². The van der Waals surface area contributed by atoms with E-state index >= 15 is 0 Å².